The standard InChI is InChI=1S/C10H18N2O4/c1-6(2)4-8(10(15)16)12-9(14)5-11-7(3)13/h6,8H,4-5H2,1-3H3,(H,11,13)(H,12,14)(H,15,16)/t8-/m0/s1. The number of hydrogen-bond donors (Lipinski definition) is 3. The van der Waals surface area contributed by atoms with Gasteiger partial charge in [-0.1, -0.05) is 13.8 Å². The van der Waals surface area contributed by atoms with Crippen molar-refractivity contribution in [3.8, 4) is 0 Å². The van der Waals surface area contributed by atoms with E-state index in [0.717, 1.165) is 0 Å². The van der Waals surface area contributed by atoms with Gasteiger partial charge in [-0.2, -0.15) is 0 Å². The average molecular weight is 230 g/mol. The molecule has 0 aliphatic rings. The SMILES string of the molecule is CC(=O)NCC(=O)N[C@@H](CC(C)C)C(=O)O. The number of aliphatic carboxylic acids is 1. The van der Waals surface area contributed by atoms with E-state index in [1.54, 1.807) is 0 Å². The lowest BCUT2D eigenvalue weighted by atomic mass is 10.0. The molecule has 0 bridgehead atoms. The highest BCUT2D eigenvalue weighted by atomic mass is 16.4. The molecule has 0 unspecified atom stereocenters. The van der Waals surface area contributed by atoms with Crippen LogP contribution in [-0.4, -0.2) is 35.5 Å². The molecule has 6 nitrogen and oxygen atoms in total. The minimum Gasteiger partial charge on any atom is -0.480 e. The molecule has 0 saturated carbocycles. The summed E-state index contributed by atoms with van der Waals surface area (Å²) in [5.41, 5.74) is 0. The fourth-order valence-corrected chi connectivity index (χ4v) is 1.14. The number of carboxylic acid groups (broad SMARTS) is 1. The summed E-state index contributed by atoms with van der Waals surface area (Å²) < 4.78 is 0. The minimum atomic E-state index is -1.06. The van der Waals surface area contributed by atoms with Gasteiger partial charge < -0.3 is 15.7 Å². The molecule has 3 N–H and O–H groups in total. The molecule has 1 atom stereocenters. The summed E-state index contributed by atoms with van der Waals surface area (Å²) in [6.45, 7) is 4.83. The van der Waals surface area contributed by atoms with Crippen LogP contribution in [0.3, 0.4) is 0 Å². The topological polar surface area (TPSA) is 95.5 Å². The fourth-order valence-electron chi connectivity index (χ4n) is 1.14. The molecule has 0 aromatic carbocycles. The van der Waals surface area contributed by atoms with Crippen LogP contribution in [0.2, 0.25) is 0 Å². The summed E-state index contributed by atoms with van der Waals surface area (Å²) in [5.74, 6) is -1.72. The highest BCUT2D eigenvalue weighted by Crippen LogP contribution is 2.04. The minimum absolute atomic E-state index is 0.169. The number of carbonyl (C=O) groups excluding carboxylic acids is 2. The maximum absolute atomic E-state index is 11.3. The van der Waals surface area contributed by atoms with Gasteiger partial charge in [-0.25, -0.2) is 4.79 Å². The number of amides is 2. The van der Waals surface area contributed by atoms with Crippen molar-refractivity contribution in [2.24, 2.45) is 5.92 Å². The highest BCUT2D eigenvalue weighted by molar-refractivity contribution is 5.87. The van der Waals surface area contributed by atoms with Gasteiger partial charge in [0, 0.05) is 6.92 Å². The van der Waals surface area contributed by atoms with Gasteiger partial charge in [-0.15, -0.1) is 0 Å². The normalized spacial score (nSPS) is 12.0. The van der Waals surface area contributed by atoms with Crippen molar-refractivity contribution in [3.05, 3.63) is 0 Å². The van der Waals surface area contributed by atoms with Crippen molar-refractivity contribution < 1.29 is 19.5 Å². The number of hydrogen-bond acceptors (Lipinski definition) is 3. The van der Waals surface area contributed by atoms with Crippen LogP contribution in [0.1, 0.15) is 27.2 Å². The molecule has 0 radical (unpaired) electrons. The number of carbonyl (C=O) groups is 3. The van der Waals surface area contributed by atoms with Crippen LogP contribution in [0.25, 0.3) is 0 Å². The van der Waals surface area contributed by atoms with E-state index in [0.29, 0.717) is 6.42 Å². The summed E-state index contributed by atoms with van der Waals surface area (Å²) in [4.78, 5) is 32.6. The molecule has 0 aromatic heterocycles. The van der Waals surface area contributed by atoms with E-state index >= 15 is 0 Å². The molecule has 6 heteroatoms. The average Bonchev–Trinajstić information content (AvgIpc) is 2.12. The van der Waals surface area contributed by atoms with Gasteiger partial charge in [0.1, 0.15) is 6.04 Å². The Labute approximate surface area is 94.4 Å². The lowest BCUT2D eigenvalue weighted by Crippen LogP contribution is -2.45. The van der Waals surface area contributed by atoms with Crippen LogP contribution in [-0.2, 0) is 14.4 Å². The smallest absolute Gasteiger partial charge is 0.326 e. The predicted molar refractivity (Wildman–Crippen MR) is 57.7 cm³/mol. The second-order valence-corrected chi connectivity index (χ2v) is 4.00. The molecular weight excluding hydrogens is 212 g/mol. The van der Waals surface area contributed by atoms with Gasteiger partial charge in [0.05, 0.1) is 6.54 Å². The van der Waals surface area contributed by atoms with Crippen molar-refractivity contribution in [1.82, 2.24) is 10.6 Å². The van der Waals surface area contributed by atoms with E-state index in [9.17, 15) is 14.4 Å². The first-order chi connectivity index (χ1) is 7.32. The Morgan fingerprint density at radius 2 is 1.81 bits per heavy atom. The van der Waals surface area contributed by atoms with Crippen LogP contribution >= 0.6 is 0 Å². The van der Waals surface area contributed by atoms with Crippen LogP contribution in [0, 0.1) is 5.92 Å². The van der Waals surface area contributed by atoms with E-state index in [1.165, 1.54) is 6.92 Å². The third-order valence-corrected chi connectivity index (χ3v) is 1.84. The molecule has 0 saturated heterocycles. The molecule has 2 amide bonds. The maximum atomic E-state index is 11.3. The van der Waals surface area contributed by atoms with Crippen molar-refractivity contribution >= 4 is 17.8 Å². The van der Waals surface area contributed by atoms with Gasteiger partial charge in [-0.3, -0.25) is 9.59 Å². The van der Waals surface area contributed by atoms with E-state index in [4.69, 9.17) is 5.11 Å². The third-order valence-electron chi connectivity index (χ3n) is 1.84. The van der Waals surface area contributed by atoms with Crippen LogP contribution in [0.4, 0.5) is 0 Å². The molecule has 0 rings (SSSR count). The lowest BCUT2D eigenvalue weighted by Gasteiger charge is -2.16. The molecule has 0 aliphatic carbocycles. The summed E-state index contributed by atoms with van der Waals surface area (Å²) in [6, 6.07) is -0.902. The van der Waals surface area contributed by atoms with Crippen molar-refractivity contribution in [1.29, 1.82) is 0 Å². The quantitative estimate of drug-likeness (QED) is 0.585. The Kier molecular flexibility index (Phi) is 6.14. The predicted octanol–water partition coefficient (Wildman–Crippen LogP) is -0.262. The Morgan fingerprint density at radius 1 is 1.25 bits per heavy atom. The van der Waals surface area contributed by atoms with Gasteiger partial charge in [0.2, 0.25) is 11.8 Å². The van der Waals surface area contributed by atoms with Crippen molar-refractivity contribution in [2.75, 3.05) is 6.54 Å². The largest absolute Gasteiger partial charge is 0.480 e. The summed E-state index contributed by atoms with van der Waals surface area (Å²) >= 11 is 0. The van der Waals surface area contributed by atoms with E-state index in [-0.39, 0.29) is 18.4 Å². The first-order valence-electron chi connectivity index (χ1n) is 5.09. The highest BCUT2D eigenvalue weighted by Gasteiger charge is 2.20. The zero-order chi connectivity index (χ0) is 12.7. The van der Waals surface area contributed by atoms with Gasteiger partial charge in [-0.05, 0) is 12.3 Å². The van der Waals surface area contributed by atoms with E-state index < -0.39 is 17.9 Å². The number of nitrogens with one attached hydrogen (secondary N) is 2. The molecule has 92 valence electrons. The van der Waals surface area contributed by atoms with Crippen molar-refractivity contribution in [2.45, 2.75) is 33.2 Å². The first-order valence-corrected chi connectivity index (χ1v) is 5.09. The Balaban J connectivity index is 4.13. The van der Waals surface area contributed by atoms with Crippen LogP contribution in [0.15, 0.2) is 0 Å². The fraction of sp³-hybridized carbons (Fsp3) is 0.700. The monoisotopic (exact) mass is 230 g/mol. The molecular formula is C10H18N2O4. The van der Waals surface area contributed by atoms with Gasteiger partial charge >= 0.3 is 5.97 Å². The van der Waals surface area contributed by atoms with E-state index in [2.05, 4.69) is 10.6 Å². The molecule has 0 fully saturated rings. The Hall–Kier alpha value is -1.59. The summed E-state index contributed by atoms with van der Waals surface area (Å²) in [7, 11) is 0. The number of carboxylic acids is 1. The first kappa shape index (κ1) is 14.4. The van der Waals surface area contributed by atoms with Crippen LogP contribution < -0.4 is 10.6 Å². The Morgan fingerprint density at radius 3 is 2.19 bits per heavy atom. The second kappa shape index (κ2) is 6.81. The summed E-state index contributed by atoms with van der Waals surface area (Å²) in [5, 5.41) is 13.5. The summed E-state index contributed by atoms with van der Waals surface area (Å²) in [6.07, 6.45) is 0.362. The Bertz CT molecular complexity index is 276. The third kappa shape index (κ3) is 6.80. The van der Waals surface area contributed by atoms with E-state index in [1.807, 2.05) is 13.8 Å². The van der Waals surface area contributed by atoms with Crippen molar-refractivity contribution in [3.63, 3.8) is 0 Å². The van der Waals surface area contributed by atoms with Gasteiger partial charge in [0.25, 0.3) is 0 Å². The molecule has 0 aliphatic heterocycles. The zero-order valence-electron chi connectivity index (χ0n) is 9.74. The number of rotatable bonds is 6. The zero-order valence-corrected chi connectivity index (χ0v) is 9.74. The molecule has 0 aromatic rings. The van der Waals surface area contributed by atoms with Gasteiger partial charge in [0.15, 0.2) is 0 Å². The molecule has 0 spiro atoms. The lowest BCUT2D eigenvalue weighted by molar-refractivity contribution is -0.142. The molecule has 0 heterocycles. The van der Waals surface area contributed by atoms with Crippen LogP contribution in [0.5, 0.6) is 0 Å². The molecule has 16 heavy (non-hydrogen) atoms. The maximum Gasteiger partial charge on any atom is 0.326 e. The second-order valence-electron chi connectivity index (χ2n) is 4.00.